The van der Waals surface area contributed by atoms with Crippen molar-refractivity contribution in [1.29, 1.82) is 0 Å². The summed E-state index contributed by atoms with van der Waals surface area (Å²) in [6.07, 6.45) is 1.78. The van der Waals surface area contributed by atoms with E-state index in [1.54, 1.807) is 0 Å². The molecule has 1 aliphatic heterocycles. The Hall–Kier alpha value is -2.29. The summed E-state index contributed by atoms with van der Waals surface area (Å²) < 4.78 is 29.7. The third-order valence-corrected chi connectivity index (χ3v) is 8.43. The Morgan fingerprint density at radius 1 is 1.03 bits per heavy atom. The molecule has 4 rings (SSSR count). The molecule has 1 aromatic heterocycles. The Bertz CT molecular complexity index is 1260. The monoisotopic (exact) mass is 429 g/mol. The van der Waals surface area contributed by atoms with Gasteiger partial charge in [0, 0.05) is 25.7 Å². The molecule has 1 aliphatic rings. The van der Waals surface area contributed by atoms with Gasteiger partial charge in [-0.3, -0.25) is 4.79 Å². The predicted molar refractivity (Wildman–Crippen MR) is 115 cm³/mol. The Balaban J connectivity index is 1.65. The molecule has 6 nitrogen and oxygen atoms in total. The number of benzene rings is 2. The molecule has 3 aromatic rings. The van der Waals surface area contributed by atoms with Crippen molar-refractivity contribution in [2.24, 2.45) is 12.0 Å². The number of hydrogen-bond donors (Lipinski definition) is 0. The minimum absolute atomic E-state index is 0.217. The van der Waals surface area contributed by atoms with Crippen LogP contribution in [-0.4, -0.2) is 36.3 Å². The Labute approximate surface area is 174 Å². The van der Waals surface area contributed by atoms with Crippen LogP contribution in [0.15, 0.2) is 46.3 Å². The van der Waals surface area contributed by atoms with E-state index < -0.39 is 10.0 Å². The number of hydrogen-bond acceptors (Lipinski definition) is 4. The molecule has 29 heavy (non-hydrogen) atoms. The van der Waals surface area contributed by atoms with E-state index in [1.165, 1.54) is 51.0 Å². The van der Waals surface area contributed by atoms with E-state index in [0.717, 1.165) is 23.1 Å². The highest BCUT2D eigenvalue weighted by atomic mass is 32.2. The highest BCUT2D eigenvalue weighted by molar-refractivity contribution is 7.89. The van der Waals surface area contributed by atoms with Crippen molar-refractivity contribution < 1.29 is 13.2 Å². The molecule has 0 atom stereocenters. The summed E-state index contributed by atoms with van der Waals surface area (Å²) in [5.41, 5.74) is 3.80. The van der Waals surface area contributed by atoms with Gasteiger partial charge < -0.3 is 4.57 Å². The topological polar surface area (TPSA) is 71.7 Å². The second-order valence-corrected chi connectivity index (χ2v) is 10.3. The minimum atomic E-state index is -3.48. The smallest absolute Gasteiger partial charge is 0.279 e. The van der Waals surface area contributed by atoms with Crippen LogP contribution < -0.4 is 4.80 Å². The second-order valence-electron chi connectivity index (χ2n) is 7.40. The molecular weight excluding hydrogens is 406 g/mol. The molecule has 0 aliphatic carbocycles. The lowest BCUT2D eigenvalue weighted by Gasteiger charge is -2.15. The van der Waals surface area contributed by atoms with E-state index in [0.29, 0.717) is 23.5 Å². The number of rotatable bonds is 3. The fraction of sp³-hybridized carbons (Fsp3) is 0.333. The van der Waals surface area contributed by atoms with Crippen LogP contribution >= 0.6 is 11.3 Å². The van der Waals surface area contributed by atoms with Gasteiger partial charge >= 0.3 is 0 Å². The molecule has 1 fully saturated rings. The van der Waals surface area contributed by atoms with Crippen molar-refractivity contribution in [2.45, 2.75) is 31.6 Å². The van der Waals surface area contributed by atoms with Gasteiger partial charge in [-0.05, 0) is 74.2 Å². The Morgan fingerprint density at radius 3 is 2.31 bits per heavy atom. The molecule has 8 heteroatoms. The maximum absolute atomic E-state index is 12.7. The largest absolute Gasteiger partial charge is 0.319 e. The van der Waals surface area contributed by atoms with E-state index >= 15 is 0 Å². The zero-order valence-electron chi connectivity index (χ0n) is 16.7. The van der Waals surface area contributed by atoms with Crippen LogP contribution in [0.3, 0.4) is 0 Å². The zero-order chi connectivity index (χ0) is 20.8. The maximum atomic E-state index is 12.7. The summed E-state index contributed by atoms with van der Waals surface area (Å²) in [5, 5.41) is 0. The molecule has 1 saturated heterocycles. The maximum Gasteiger partial charge on any atom is 0.279 e. The number of carbonyl (C=O) groups excluding carboxylic acids is 1. The summed E-state index contributed by atoms with van der Waals surface area (Å²) >= 11 is 1.47. The second kappa shape index (κ2) is 7.51. The van der Waals surface area contributed by atoms with E-state index in [4.69, 9.17) is 0 Å². The van der Waals surface area contributed by atoms with Gasteiger partial charge in [0.25, 0.3) is 5.91 Å². The van der Waals surface area contributed by atoms with Gasteiger partial charge in [-0.25, -0.2) is 8.42 Å². The average molecular weight is 430 g/mol. The lowest BCUT2D eigenvalue weighted by atomic mass is 10.1. The molecule has 0 N–H and O–H groups in total. The predicted octanol–water partition coefficient (Wildman–Crippen LogP) is 3.38. The van der Waals surface area contributed by atoms with Gasteiger partial charge in [0.05, 0.1) is 15.1 Å². The number of nitrogens with zero attached hydrogens (tertiary/aromatic N) is 3. The van der Waals surface area contributed by atoms with Crippen molar-refractivity contribution in [1.82, 2.24) is 8.87 Å². The number of carbonyl (C=O) groups is 1. The zero-order valence-corrected chi connectivity index (χ0v) is 18.3. The number of aryl methyl sites for hydroxylation is 3. The quantitative estimate of drug-likeness (QED) is 0.641. The fourth-order valence-electron chi connectivity index (χ4n) is 3.48. The third-order valence-electron chi connectivity index (χ3n) is 5.43. The molecule has 0 bridgehead atoms. The summed E-state index contributed by atoms with van der Waals surface area (Å²) in [6.45, 7) is 5.24. The summed E-state index contributed by atoms with van der Waals surface area (Å²) in [5.74, 6) is -0.384. The van der Waals surface area contributed by atoms with Crippen molar-refractivity contribution in [3.8, 4) is 0 Å². The number of amides is 1. The number of sulfonamides is 1. The molecule has 0 radical (unpaired) electrons. The van der Waals surface area contributed by atoms with Gasteiger partial charge in [0.2, 0.25) is 10.0 Å². The van der Waals surface area contributed by atoms with Gasteiger partial charge in [0.1, 0.15) is 0 Å². The van der Waals surface area contributed by atoms with Crippen LogP contribution in [0.2, 0.25) is 0 Å². The normalized spacial score (nSPS) is 16.0. The lowest BCUT2D eigenvalue weighted by molar-refractivity contribution is 0.0998. The number of aromatic nitrogens is 1. The van der Waals surface area contributed by atoms with Crippen molar-refractivity contribution in [3.63, 3.8) is 0 Å². The summed E-state index contributed by atoms with van der Waals surface area (Å²) in [4.78, 5) is 17.8. The Morgan fingerprint density at radius 2 is 1.66 bits per heavy atom. The van der Waals surface area contributed by atoms with Crippen molar-refractivity contribution in [2.75, 3.05) is 13.1 Å². The number of fused-ring (bicyclic) bond motifs is 1. The minimum Gasteiger partial charge on any atom is -0.319 e. The molecule has 0 saturated carbocycles. The van der Waals surface area contributed by atoms with Crippen LogP contribution in [0.25, 0.3) is 10.2 Å². The molecule has 0 unspecified atom stereocenters. The van der Waals surface area contributed by atoms with Gasteiger partial charge in [-0.2, -0.15) is 9.30 Å². The van der Waals surface area contributed by atoms with Gasteiger partial charge in [0.15, 0.2) is 4.80 Å². The summed E-state index contributed by atoms with van der Waals surface area (Å²) in [6, 6.07) is 10.3. The fourth-order valence-corrected chi connectivity index (χ4v) is 6.10. The van der Waals surface area contributed by atoms with Gasteiger partial charge in [-0.15, -0.1) is 0 Å². The van der Waals surface area contributed by atoms with E-state index in [2.05, 4.69) is 31.0 Å². The first-order valence-electron chi connectivity index (χ1n) is 9.53. The first-order valence-corrected chi connectivity index (χ1v) is 11.8. The van der Waals surface area contributed by atoms with Crippen LogP contribution in [0.5, 0.6) is 0 Å². The molecule has 2 heterocycles. The lowest BCUT2D eigenvalue weighted by Crippen LogP contribution is -2.27. The van der Waals surface area contributed by atoms with E-state index in [-0.39, 0.29) is 10.8 Å². The average Bonchev–Trinajstić information content (AvgIpc) is 3.33. The Kier molecular flexibility index (Phi) is 5.18. The molecule has 2 aromatic carbocycles. The first-order chi connectivity index (χ1) is 13.8. The third kappa shape index (κ3) is 3.68. The molecular formula is C21H23N3O3S2. The van der Waals surface area contributed by atoms with Crippen LogP contribution in [0, 0.1) is 13.8 Å². The number of thiazole rings is 1. The van der Waals surface area contributed by atoms with Crippen LogP contribution in [0.1, 0.15) is 34.3 Å². The van der Waals surface area contributed by atoms with E-state index in [1.807, 2.05) is 11.6 Å². The first kappa shape index (κ1) is 20.0. The van der Waals surface area contributed by atoms with Crippen LogP contribution in [-0.2, 0) is 17.1 Å². The highest BCUT2D eigenvalue weighted by Crippen LogP contribution is 2.22. The summed E-state index contributed by atoms with van der Waals surface area (Å²) in [7, 11) is -1.59. The highest BCUT2D eigenvalue weighted by Gasteiger charge is 2.27. The van der Waals surface area contributed by atoms with E-state index in [9.17, 15) is 13.2 Å². The standard InChI is InChI=1S/C21H23N3O3S2/c1-14-12-18-19(13-15(14)2)28-21(23(18)3)22-20(25)16-6-8-17(9-7-16)29(26,27)24-10-4-5-11-24/h6-9,12-13H,4-5,10-11H2,1-3H3. The molecule has 0 spiro atoms. The molecule has 1 amide bonds. The molecule has 152 valence electrons. The SMILES string of the molecule is Cc1cc2sc(=NC(=O)c3ccc(S(=O)(=O)N4CCCC4)cc3)n(C)c2cc1C. The van der Waals surface area contributed by atoms with Crippen molar-refractivity contribution >= 4 is 37.5 Å². The van der Waals surface area contributed by atoms with Crippen LogP contribution in [0.4, 0.5) is 0 Å². The van der Waals surface area contributed by atoms with Gasteiger partial charge in [-0.1, -0.05) is 11.3 Å². The van der Waals surface area contributed by atoms with Crippen molar-refractivity contribution in [3.05, 3.63) is 57.9 Å².